The van der Waals surface area contributed by atoms with Gasteiger partial charge in [0.1, 0.15) is 18.3 Å². The summed E-state index contributed by atoms with van der Waals surface area (Å²) in [5.41, 5.74) is 0.738. The van der Waals surface area contributed by atoms with Gasteiger partial charge in [-0.2, -0.15) is 0 Å². The van der Waals surface area contributed by atoms with Crippen LogP contribution in [0.3, 0.4) is 0 Å². The molecule has 1 atom stereocenters. The van der Waals surface area contributed by atoms with Gasteiger partial charge in [-0.05, 0) is 43.2 Å². The van der Waals surface area contributed by atoms with Crippen molar-refractivity contribution >= 4 is 62.3 Å². The molecule has 0 aliphatic rings. The van der Waals surface area contributed by atoms with Crippen LogP contribution in [0.15, 0.2) is 36.4 Å². The predicted molar refractivity (Wildman–Crippen MR) is 145 cm³/mol. The molecule has 12 heteroatoms. The maximum Gasteiger partial charge on any atom is 0.244 e. The summed E-state index contributed by atoms with van der Waals surface area (Å²) in [5, 5.41) is 3.05. The molecule has 36 heavy (non-hydrogen) atoms. The molecule has 0 radical (unpaired) electrons. The highest BCUT2D eigenvalue weighted by Crippen LogP contribution is 2.35. The molecule has 0 heterocycles. The average Bonchev–Trinajstić information content (AvgIpc) is 2.82. The Bertz CT molecular complexity index is 1180. The van der Waals surface area contributed by atoms with E-state index in [0.717, 1.165) is 29.0 Å². The number of amides is 2. The first-order valence-electron chi connectivity index (χ1n) is 11.2. The van der Waals surface area contributed by atoms with Crippen LogP contribution in [0.5, 0.6) is 5.75 Å². The van der Waals surface area contributed by atoms with Gasteiger partial charge in [-0.3, -0.25) is 13.9 Å². The molecule has 0 aliphatic heterocycles. The van der Waals surface area contributed by atoms with Crippen molar-refractivity contribution in [1.82, 2.24) is 10.2 Å². The summed E-state index contributed by atoms with van der Waals surface area (Å²) in [6.45, 7) is 3.54. The van der Waals surface area contributed by atoms with E-state index in [1.165, 1.54) is 17.0 Å². The Morgan fingerprint density at radius 2 is 1.67 bits per heavy atom. The minimum atomic E-state index is -3.96. The second-order valence-corrected chi connectivity index (χ2v) is 11.3. The predicted octanol–water partition coefficient (Wildman–Crippen LogP) is 4.76. The lowest BCUT2D eigenvalue weighted by Gasteiger charge is -2.31. The molecule has 2 aromatic rings. The fraction of sp³-hybridized carbons (Fsp3) is 0.417. The summed E-state index contributed by atoms with van der Waals surface area (Å²) in [7, 11) is -2.42. The van der Waals surface area contributed by atoms with Crippen LogP contribution in [0, 0.1) is 0 Å². The fourth-order valence-electron chi connectivity index (χ4n) is 3.34. The third kappa shape index (κ3) is 8.16. The maximum absolute atomic E-state index is 13.6. The van der Waals surface area contributed by atoms with Crippen molar-refractivity contribution in [3.05, 3.63) is 57.0 Å². The number of carbonyl (C=O) groups is 2. The summed E-state index contributed by atoms with van der Waals surface area (Å²) in [6.07, 6.45) is 2.65. The Labute approximate surface area is 227 Å². The molecule has 0 aromatic heterocycles. The fourth-order valence-corrected chi connectivity index (χ4v) is 4.89. The lowest BCUT2D eigenvalue weighted by molar-refractivity contribution is -0.139. The monoisotopic (exact) mass is 577 g/mol. The average molecular weight is 579 g/mol. The molecular formula is C24H30Cl3N3O5S. The van der Waals surface area contributed by atoms with E-state index in [0.29, 0.717) is 12.3 Å². The second-order valence-electron chi connectivity index (χ2n) is 8.18. The number of hydrogen-bond donors (Lipinski definition) is 1. The number of unbranched alkanes of at least 4 members (excludes halogenated alkanes) is 1. The molecule has 0 spiro atoms. The van der Waals surface area contributed by atoms with E-state index >= 15 is 0 Å². The van der Waals surface area contributed by atoms with Gasteiger partial charge in [0.2, 0.25) is 21.8 Å². The SMILES string of the molecule is CCCCNC(=O)C(C)N(Cc1ccc(OC)cc1)C(=O)CN(c1cc(Cl)c(Cl)cc1Cl)S(C)(=O)=O. The first kappa shape index (κ1) is 30.0. The largest absolute Gasteiger partial charge is 0.497 e. The van der Waals surface area contributed by atoms with E-state index in [1.54, 1.807) is 38.3 Å². The molecule has 0 saturated carbocycles. The van der Waals surface area contributed by atoms with Gasteiger partial charge in [-0.15, -0.1) is 0 Å². The Hall–Kier alpha value is -2.20. The van der Waals surface area contributed by atoms with E-state index in [9.17, 15) is 18.0 Å². The van der Waals surface area contributed by atoms with Crippen LogP contribution in [0.2, 0.25) is 15.1 Å². The first-order valence-corrected chi connectivity index (χ1v) is 14.2. The van der Waals surface area contributed by atoms with Crippen LogP contribution >= 0.6 is 34.8 Å². The lowest BCUT2D eigenvalue weighted by Crippen LogP contribution is -2.51. The van der Waals surface area contributed by atoms with Crippen molar-refractivity contribution in [2.75, 3.05) is 30.8 Å². The van der Waals surface area contributed by atoms with E-state index < -0.39 is 28.5 Å². The van der Waals surface area contributed by atoms with Crippen molar-refractivity contribution in [3.63, 3.8) is 0 Å². The van der Waals surface area contributed by atoms with E-state index in [4.69, 9.17) is 39.5 Å². The number of nitrogens with one attached hydrogen (secondary N) is 1. The Balaban J connectivity index is 2.41. The number of halogens is 3. The van der Waals surface area contributed by atoms with Crippen LogP contribution in [0.4, 0.5) is 5.69 Å². The number of rotatable bonds is 12. The van der Waals surface area contributed by atoms with Gasteiger partial charge in [-0.1, -0.05) is 60.3 Å². The molecule has 0 aliphatic carbocycles. The molecule has 2 aromatic carbocycles. The van der Waals surface area contributed by atoms with Crippen LogP contribution in [0.1, 0.15) is 32.3 Å². The van der Waals surface area contributed by atoms with E-state index in [-0.39, 0.29) is 33.2 Å². The molecular weight excluding hydrogens is 549 g/mol. The van der Waals surface area contributed by atoms with Crippen molar-refractivity contribution in [3.8, 4) is 5.75 Å². The number of anilines is 1. The van der Waals surface area contributed by atoms with Gasteiger partial charge in [0.25, 0.3) is 0 Å². The third-order valence-electron chi connectivity index (χ3n) is 5.45. The van der Waals surface area contributed by atoms with Crippen LogP contribution < -0.4 is 14.4 Å². The maximum atomic E-state index is 13.6. The number of hydrogen-bond acceptors (Lipinski definition) is 5. The zero-order valence-electron chi connectivity index (χ0n) is 20.6. The Kier molecular flexibility index (Phi) is 11.2. The summed E-state index contributed by atoms with van der Waals surface area (Å²) >= 11 is 18.3. The molecule has 2 rings (SSSR count). The Morgan fingerprint density at radius 3 is 2.22 bits per heavy atom. The molecule has 0 saturated heterocycles. The summed E-state index contributed by atoms with van der Waals surface area (Å²) in [5.74, 6) is -0.306. The Morgan fingerprint density at radius 1 is 1.06 bits per heavy atom. The highest BCUT2D eigenvalue weighted by atomic mass is 35.5. The van der Waals surface area contributed by atoms with Gasteiger partial charge in [0.15, 0.2) is 0 Å². The minimum absolute atomic E-state index is 0.00589. The summed E-state index contributed by atoms with van der Waals surface area (Å²) in [4.78, 5) is 27.7. The summed E-state index contributed by atoms with van der Waals surface area (Å²) in [6, 6.07) is 8.74. The van der Waals surface area contributed by atoms with Crippen molar-refractivity contribution in [2.24, 2.45) is 0 Å². The standard InChI is InChI=1S/C24H30Cl3N3O5S/c1-5-6-11-28-24(32)16(2)29(14-17-7-9-18(35-3)10-8-17)23(31)15-30(36(4,33)34)22-13-20(26)19(25)12-21(22)27/h7-10,12-13,16H,5-6,11,14-15H2,1-4H3,(H,28,32). The minimum Gasteiger partial charge on any atom is -0.497 e. The molecule has 0 bridgehead atoms. The van der Waals surface area contributed by atoms with Crippen LogP contribution in [-0.2, 0) is 26.2 Å². The number of carbonyl (C=O) groups excluding carboxylic acids is 2. The number of methoxy groups -OCH3 is 1. The molecule has 1 N–H and O–H groups in total. The molecule has 2 amide bonds. The zero-order valence-corrected chi connectivity index (χ0v) is 23.6. The van der Waals surface area contributed by atoms with E-state index in [2.05, 4.69) is 5.32 Å². The van der Waals surface area contributed by atoms with E-state index in [1.807, 2.05) is 6.92 Å². The number of sulfonamides is 1. The smallest absolute Gasteiger partial charge is 0.244 e. The van der Waals surface area contributed by atoms with Gasteiger partial charge in [0.05, 0.1) is 34.1 Å². The van der Waals surface area contributed by atoms with Crippen molar-refractivity contribution in [1.29, 1.82) is 0 Å². The number of nitrogens with zero attached hydrogens (tertiary/aromatic N) is 2. The molecule has 198 valence electrons. The highest BCUT2D eigenvalue weighted by molar-refractivity contribution is 7.92. The second kappa shape index (κ2) is 13.4. The molecule has 1 unspecified atom stereocenters. The summed E-state index contributed by atoms with van der Waals surface area (Å²) < 4.78 is 31.4. The van der Waals surface area contributed by atoms with Gasteiger partial charge >= 0.3 is 0 Å². The van der Waals surface area contributed by atoms with Gasteiger partial charge < -0.3 is 15.0 Å². The van der Waals surface area contributed by atoms with Gasteiger partial charge in [-0.25, -0.2) is 8.42 Å². The molecule has 8 nitrogen and oxygen atoms in total. The van der Waals surface area contributed by atoms with Crippen LogP contribution in [0.25, 0.3) is 0 Å². The number of benzene rings is 2. The van der Waals surface area contributed by atoms with Gasteiger partial charge in [0, 0.05) is 13.1 Å². The highest BCUT2D eigenvalue weighted by Gasteiger charge is 2.31. The van der Waals surface area contributed by atoms with Crippen molar-refractivity contribution in [2.45, 2.75) is 39.3 Å². The van der Waals surface area contributed by atoms with Crippen LogP contribution in [-0.4, -0.2) is 57.6 Å². The quantitative estimate of drug-likeness (QED) is 0.290. The topological polar surface area (TPSA) is 96.0 Å². The van der Waals surface area contributed by atoms with Crippen molar-refractivity contribution < 1.29 is 22.7 Å². The third-order valence-corrected chi connectivity index (χ3v) is 7.60. The zero-order chi connectivity index (χ0) is 27.0. The molecule has 0 fully saturated rings. The number of ether oxygens (including phenoxy) is 1. The lowest BCUT2D eigenvalue weighted by atomic mass is 10.1. The normalized spacial score (nSPS) is 12.1. The first-order chi connectivity index (χ1) is 16.9.